The molecule has 2 unspecified atom stereocenters. The number of carbonyl (C=O) groups is 2. The van der Waals surface area contributed by atoms with Crippen LogP contribution in [-0.4, -0.2) is 47.4 Å². The number of hydrogen-bond acceptors (Lipinski definition) is 4. The Morgan fingerprint density at radius 2 is 1.94 bits per heavy atom. The predicted octanol–water partition coefficient (Wildman–Crippen LogP) is 4.18. The summed E-state index contributed by atoms with van der Waals surface area (Å²) in [5.41, 5.74) is 1.02. The van der Waals surface area contributed by atoms with E-state index in [4.69, 9.17) is 9.47 Å². The van der Waals surface area contributed by atoms with Gasteiger partial charge in [0.25, 0.3) is 5.91 Å². The van der Waals surface area contributed by atoms with E-state index in [-0.39, 0.29) is 23.6 Å². The van der Waals surface area contributed by atoms with E-state index in [0.29, 0.717) is 12.4 Å². The van der Waals surface area contributed by atoms with Crippen molar-refractivity contribution in [3.8, 4) is 5.75 Å². The summed E-state index contributed by atoms with van der Waals surface area (Å²) in [4.78, 5) is 25.8. The molecule has 6 nitrogen and oxygen atoms in total. The first-order valence-electron chi connectivity index (χ1n) is 12.0. The van der Waals surface area contributed by atoms with Gasteiger partial charge in [-0.15, -0.1) is 0 Å². The van der Waals surface area contributed by atoms with Gasteiger partial charge in [-0.25, -0.2) is 9.18 Å². The molecule has 5 aliphatic carbocycles. The fourth-order valence-corrected chi connectivity index (χ4v) is 7.26. The number of aliphatic carboxylic acids is 1. The van der Waals surface area contributed by atoms with Crippen molar-refractivity contribution in [3.05, 3.63) is 29.1 Å². The van der Waals surface area contributed by atoms with Crippen LogP contribution in [0.25, 0.3) is 0 Å². The smallest absolute Gasteiger partial charge is 0.329 e. The summed E-state index contributed by atoms with van der Waals surface area (Å²) in [5.74, 6) is 0.917. The quantitative estimate of drug-likeness (QED) is 0.714. The van der Waals surface area contributed by atoms with Crippen LogP contribution < -0.4 is 4.74 Å². The number of nitrogens with zero attached hydrogens (tertiary/aromatic N) is 1. The first-order valence-corrected chi connectivity index (χ1v) is 12.0. The summed E-state index contributed by atoms with van der Waals surface area (Å²) in [7, 11) is 0. The van der Waals surface area contributed by atoms with Crippen LogP contribution in [0.2, 0.25) is 0 Å². The van der Waals surface area contributed by atoms with Gasteiger partial charge in [-0.05, 0) is 87.2 Å². The predicted molar refractivity (Wildman–Crippen MR) is 113 cm³/mol. The topological polar surface area (TPSA) is 76.1 Å². The van der Waals surface area contributed by atoms with E-state index in [9.17, 15) is 14.7 Å². The van der Waals surface area contributed by atoms with E-state index in [1.807, 2.05) is 0 Å². The van der Waals surface area contributed by atoms with E-state index in [1.165, 1.54) is 38.2 Å². The fraction of sp³-hybridized carbons (Fsp3) is 0.680. The van der Waals surface area contributed by atoms with Crippen molar-refractivity contribution in [2.75, 3.05) is 13.3 Å². The minimum absolute atomic E-state index is 0.0961. The van der Waals surface area contributed by atoms with Crippen molar-refractivity contribution in [2.45, 2.75) is 69.9 Å². The molecule has 1 aliphatic heterocycles. The van der Waals surface area contributed by atoms with E-state index in [1.54, 1.807) is 13.0 Å². The monoisotopic (exact) mass is 443 g/mol. The third-order valence-corrected chi connectivity index (χ3v) is 8.70. The van der Waals surface area contributed by atoms with Crippen LogP contribution in [0.15, 0.2) is 12.1 Å². The van der Waals surface area contributed by atoms with Crippen LogP contribution in [-0.2, 0) is 9.53 Å². The molecule has 1 aromatic rings. The largest absolute Gasteiger partial charge is 0.493 e. The Morgan fingerprint density at radius 1 is 1.22 bits per heavy atom. The Labute approximate surface area is 187 Å². The molecule has 0 spiro atoms. The van der Waals surface area contributed by atoms with Crippen molar-refractivity contribution in [2.24, 2.45) is 23.2 Å². The fourth-order valence-electron chi connectivity index (χ4n) is 7.26. The number of rotatable bonds is 6. The first-order chi connectivity index (χ1) is 15.3. The lowest BCUT2D eigenvalue weighted by molar-refractivity contribution is -0.142. The number of hydrogen-bond donors (Lipinski definition) is 1. The number of halogens is 1. The normalized spacial score (nSPS) is 37.3. The van der Waals surface area contributed by atoms with Gasteiger partial charge in [0.05, 0.1) is 18.3 Å². The number of benzene rings is 1. The van der Waals surface area contributed by atoms with Gasteiger partial charge in [-0.3, -0.25) is 9.69 Å². The van der Waals surface area contributed by atoms with Crippen molar-refractivity contribution in [1.29, 1.82) is 0 Å². The third kappa shape index (κ3) is 3.23. The summed E-state index contributed by atoms with van der Waals surface area (Å²) in [6.07, 6.45) is 7.79. The van der Waals surface area contributed by atoms with Gasteiger partial charge in [0.15, 0.2) is 6.04 Å². The Morgan fingerprint density at radius 3 is 2.56 bits per heavy atom. The van der Waals surface area contributed by atoms with Gasteiger partial charge in [0.1, 0.15) is 18.3 Å². The summed E-state index contributed by atoms with van der Waals surface area (Å²) in [5, 5.41) is 9.49. The molecule has 1 saturated heterocycles. The molecule has 7 rings (SSSR count). The van der Waals surface area contributed by atoms with Gasteiger partial charge in [-0.1, -0.05) is 0 Å². The molecule has 6 aliphatic rings. The second-order valence-electron chi connectivity index (χ2n) is 11.0. The molecular formula is C25H30FNO5. The molecule has 0 aromatic heterocycles. The Bertz CT molecular complexity index is 956. The number of carboxylic acids is 1. The SMILES string of the molecule is C[C@H]1OCN(C(=O)c2cc(C3CC3)c(OCC34CC5CC(C3)C(C5)C4)cc2F)[C@@H]1C(=O)O. The Hall–Kier alpha value is -2.15. The van der Waals surface area contributed by atoms with Crippen LogP contribution >= 0.6 is 0 Å². The zero-order valence-corrected chi connectivity index (χ0v) is 18.4. The molecule has 5 saturated carbocycles. The van der Waals surface area contributed by atoms with Gasteiger partial charge in [-0.2, -0.15) is 0 Å². The molecule has 0 radical (unpaired) electrons. The molecule has 7 heteroatoms. The van der Waals surface area contributed by atoms with E-state index in [2.05, 4.69) is 0 Å². The minimum Gasteiger partial charge on any atom is -0.493 e. The van der Waals surface area contributed by atoms with Crippen molar-refractivity contribution >= 4 is 11.9 Å². The highest BCUT2D eigenvalue weighted by Crippen LogP contribution is 2.64. The molecule has 4 atom stereocenters. The summed E-state index contributed by atoms with van der Waals surface area (Å²) in [6.45, 7) is 2.08. The number of carboxylic acid groups (broad SMARTS) is 1. The average Bonchev–Trinajstić information content (AvgIpc) is 3.39. The molecular weight excluding hydrogens is 413 g/mol. The zero-order chi connectivity index (χ0) is 22.2. The van der Waals surface area contributed by atoms with Gasteiger partial charge in [0, 0.05) is 11.5 Å². The second kappa shape index (κ2) is 7.17. The molecule has 172 valence electrons. The number of ether oxygens (including phenoxy) is 2. The lowest BCUT2D eigenvalue weighted by atomic mass is 9.70. The standard InChI is InChI=1S/C25H30FNO5/c1-13-22(24(29)30)27(12-32-13)23(28)19-6-18(15-2-3-15)21(7-20(19)26)31-11-25-8-14-4-16(9-25)17(5-14)10-25/h6-7,13-17,22H,2-5,8-12H2,1H3,(H,29,30)/t13-,14?,16?,17?,22+,25?/m1/s1. The molecule has 4 bridgehead atoms. The molecule has 32 heavy (non-hydrogen) atoms. The van der Waals surface area contributed by atoms with Crippen molar-refractivity contribution in [3.63, 3.8) is 0 Å². The summed E-state index contributed by atoms with van der Waals surface area (Å²) >= 11 is 0. The van der Waals surface area contributed by atoms with Crippen LogP contribution in [0, 0.1) is 29.0 Å². The minimum atomic E-state index is -1.15. The molecule has 1 aromatic carbocycles. The van der Waals surface area contributed by atoms with Gasteiger partial charge < -0.3 is 14.6 Å². The molecule has 6 fully saturated rings. The Balaban J connectivity index is 1.25. The summed E-state index contributed by atoms with van der Waals surface area (Å²) in [6, 6.07) is 1.83. The third-order valence-electron chi connectivity index (χ3n) is 8.70. The highest BCUT2D eigenvalue weighted by Gasteiger charge is 2.56. The van der Waals surface area contributed by atoms with E-state index in [0.717, 1.165) is 41.1 Å². The van der Waals surface area contributed by atoms with Crippen molar-refractivity contribution in [1.82, 2.24) is 4.90 Å². The maximum atomic E-state index is 15.1. The molecule has 1 N–H and O–H groups in total. The van der Waals surface area contributed by atoms with Gasteiger partial charge in [0.2, 0.25) is 0 Å². The van der Waals surface area contributed by atoms with Gasteiger partial charge >= 0.3 is 5.97 Å². The van der Waals surface area contributed by atoms with E-state index < -0.39 is 29.8 Å². The Kier molecular flexibility index (Phi) is 4.59. The van der Waals surface area contributed by atoms with Crippen LogP contribution in [0.3, 0.4) is 0 Å². The highest BCUT2D eigenvalue weighted by atomic mass is 19.1. The maximum Gasteiger partial charge on any atom is 0.329 e. The zero-order valence-electron chi connectivity index (χ0n) is 18.4. The summed E-state index contributed by atoms with van der Waals surface area (Å²) < 4.78 is 26.8. The van der Waals surface area contributed by atoms with Crippen LogP contribution in [0.5, 0.6) is 5.75 Å². The van der Waals surface area contributed by atoms with Crippen LogP contribution in [0.1, 0.15) is 73.7 Å². The molecule has 1 heterocycles. The van der Waals surface area contributed by atoms with Crippen LogP contribution in [0.4, 0.5) is 4.39 Å². The van der Waals surface area contributed by atoms with E-state index >= 15 is 4.39 Å². The lowest BCUT2D eigenvalue weighted by Crippen LogP contribution is -2.44. The number of carbonyl (C=O) groups excluding carboxylic acids is 1. The lowest BCUT2D eigenvalue weighted by Gasteiger charge is -2.38. The molecule has 1 amide bonds. The number of amides is 1. The average molecular weight is 444 g/mol. The van der Waals surface area contributed by atoms with Crippen molar-refractivity contribution < 1.29 is 28.6 Å². The maximum absolute atomic E-state index is 15.1. The first kappa shape index (κ1) is 20.5. The highest BCUT2D eigenvalue weighted by molar-refractivity contribution is 5.97. The second-order valence-corrected chi connectivity index (χ2v) is 11.0.